The first kappa shape index (κ1) is 18.9. The van der Waals surface area contributed by atoms with Gasteiger partial charge in [0, 0.05) is 32.2 Å². The lowest BCUT2D eigenvalue weighted by molar-refractivity contribution is 0.0170. The van der Waals surface area contributed by atoms with E-state index in [4.69, 9.17) is 9.73 Å². The maximum Gasteiger partial charge on any atom is 0.410 e. The van der Waals surface area contributed by atoms with Crippen molar-refractivity contribution in [1.82, 2.24) is 15.5 Å². The molecule has 2 fully saturated rings. The molecule has 2 aliphatic rings. The topological polar surface area (TPSA) is 66.0 Å². The van der Waals surface area contributed by atoms with Crippen molar-refractivity contribution in [3.63, 3.8) is 0 Å². The van der Waals surface area contributed by atoms with Gasteiger partial charge >= 0.3 is 6.09 Å². The van der Waals surface area contributed by atoms with Gasteiger partial charge in [-0.15, -0.1) is 0 Å². The summed E-state index contributed by atoms with van der Waals surface area (Å²) in [5, 5.41) is 6.79. The van der Waals surface area contributed by atoms with E-state index in [0.29, 0.717) is 12.0 Å². The summed E-state index contributed by atoms with van der Waals surface area (Å²) in [7, 11) is 0. The minimum Gasteiger partial charge on any atom is -0.444 e. The largest absolute Gasteiger partial charge is 0.444 e. The highest BCUT2D eigenvalue weighted by Crippen LogP contribution is 2.28. The monoisotopic (exact) mass is 338 g/mol. The molecule has 138 valence electrons. The zero-order chi connectivity index (χ0) is 17.7. The highest BCUT2D eigenvalue weighted by Gasteiger charge is 2.33. The smallest absolute Gasteiger partial charge is 0.410 e. The van der Waals surface area contributed by atoms with E-state index >= 15 is 0 Å². The molecule has 1 aliphatic carbocycles. The third-order valence-corrected chi connectivity index (χ3v) is 4.45. The SMILES string of the molecule is CCNC(=NCC1CCCN(C(=O)OC(C)(C)C)C1)NC1CC1C. The van der Waals surface area contributed by atoms with Crippen LogP contribution < -0.4 is 10.6 Å². The summed E-state index contributed by atoms with van der Waals surface area (Å²) in [4.78, 5) is 18.8. The zero-order valence-corrected chi connectivity index (χ0v) is 15.9. The van der Waals surface area contributed by atoms with Crippen molar-refractivity contribution in [1.29, 1.82) is 0 Å². The third-order valence-electron chi connectivity index (χ3n) is 4.45. The Morgan fingerprint density at radius 1 is 1.38 bits per heavy atom. The van der Waals surface area contributed by atoms with Crippen LogP contribution in [0, 0.1) is 11.8 Å². The van der Waals surface area contributed by atoms with E-state index in [1.54, 1.807) is 0 Å². The van der Waals surface area contributed by atoms with Gasteiger partial charge in [-0.1, -0.05) is 6.92 Å². The third kappa shape index (κ3) is 6.21. The Hall–Kier alpha value is -1.46. The lowest BCUT2D eigenvalue weighted by Crippen LogP contribution is -2.44. The van der Waals surface area contributed by atoms with Gasteiger partial charge in [-0.2, -0.15) is 0 Å². The lowest BCUT2D eigenvalue weighted by Gasteiger charge is -2.33. The number of ether oxygens (including phenoxy) is 1. The predicted molar refractivity (Wildman–Crippen MR) is 97.2 cm³/mol. The van der Waals surface area contributed by atoms with Gasteiger partial charge in [0.25, 0.3) is 0 Å². The Kier molecular flexibility index (Phi) is 6.35. The van der Waals surface area contributed by atoms with Crippen molar-refractivity contribution in [3.8, 4) is 0 Å². The second kappa shape index (κ2) is 8.08. The number of hydrogen-bond acceptors (Lipinski definition) is 3. The van der Waals surface area contributed by atoms with Gasteiger partial charge in [0.2, 0.25) is 0 Å². The van der Waals surface area contributed by atoms with Crippen LogP contribution in [0.25, 0.3) is 0 Å². The highest BCUT2D eigenvalue weighted by molar-refractivity contribution is 5.80. The number of nitrogens with one attached hydrogen (secondary N) is 2. The molecule has 1 heterocycles. The fourth-order valence-corrected chi connectivity index (χ4v) is 2.95. The highest BCUT2D eigenvalue weighted by atomic mass is 16.6. The molecule has 6 heteroatoms. The molecule has 0 aromatic heterocycles. The molecule has 3 unspecified atom stereocenters. The molecule has 1 aliphatic heterocycles. The molecule has 0 radical (unpaired) electrons. The molecule has 0 spiro atoms. The van der Waals surface area contributed by atoms with Gasteiger partial charge in [0.05, 0.1) is 0 Å². The molecule has 1 saturated heterocycles. The fraction of sp³-hybridized carbons (Fsp3) is 0.889. The van der Waals surface area contributed by atoms with Gasteiger partial charge in [-0.3, -0.25) is 4.99 Å². The number of nitrogens with zero attached hydrogens (tertiary/aromatic N) is 2. The van der Waals surface area contributed by atoms with E-state index in [9.17, 15) is 4.79 Å². The van der Waals surface area contributed by atoms with E-state index in [0.717, 1.165) is 50.9 Å². The number of carbonyl (C=O) groups excluding carboxylic acids is 1. The fourth-order valence-electron chi connectivity index (χ4n) is 2.95. The molecule has 24 heavy (non-hydrogen) atoms. The van der Waals surface area contributed by atoms with Crippen molar-refractivity contribution in [2.75, 3.05) is 26.2 Å². The molecule has 0 aromatic rings. The molecule has 3 atom stereocenters. The Bertz CT molecular complexity index is 458. The number of rotatable bonds is 4. The van der Waals surface area contributed by atoms with Crippen LogP contribution in [-0.4, -0.2) is 54.8 Å². The first-order valence-corrected chi connectivity index (χ1v) is 9.31. The molecular weight excluding hydrogens is 304 g/mol. The summed E-state index contributed by atoms with van der Waals surface area (Å²) >= 11 is 0. The second-order valence-electron chi connectivity index (χ2n) is 8.12. The van der Waals surface area contributed by atoms with Gasteiger partial charge in [-0.25, -0.2) is 4.79 Å². The minimum absolute atomic E-state index is 0.201. The average molecular weight is 338 g/mol. The lowest BCUT2D eigenvalue weighted by atomic mass is 9.98. The van der Waals surface area contributed by atoms with E-state index in [-0.39, 0.29) is 6.09 Å². The first-order valence-electron chi connectivity index (χ1n) is 9.31. The number of aliphatic imine (C=N–C) groups is 1. The summed E-state index contributed by atoms with van der Waals surface area (Å²) in [6.45, 7) is 13.2. The standard InChI is InChI=1S/C18H34N4O2/c1-6-19-16(21-15-10-13(15)2)20-11-14-8-7-9-22(12-14)17(23)24-18(3,4)5/h13-15H,6-12H2,1-5H3,(H2,19,20,21). The van der Waals surface area contributed by atoms with Crippen LogP contribution in [0.5, 0.6) is 0 Å². The van der Waals surface area contributed by atoms with E-state index in [1.165, 1.54) is 6.42 Å². The molecule has 6 nitrogen and oxygen atoms in total. The van der Waals surface area contributed by atoms with Crippen LogP contribution >= 0.6 is 0 Å². The van der Waals surface area contributed by atoms with Crippen LogP contribution in [0.1, 0.15) is 53.9 Å². The Balaban J connectivity index is 1.84. The van der Waals surface area contributed by atoms with Gasteiger partial charge in [0.1, 0.15) is 5.60 Å². The first-order chi connectivity index (χ1) is 11.3. The van der Waals surface area contributed by atoms with Crippen molar-refractivity contribution >= 4 is 12.1 Å². The molecule has 2 rings (SSSR count). The van der Waals surface area contributed by atoms with Crippen LogP contribution in [-0.2, 0) is 4.74 Å². The van der Waals surface area contributed by atoms with Gasteiger partial charge in [0.15, 0.2) is 5.96 Å². The summed E-state index contributed by atoms with van der Waals surface area (Å²) < 4.78 is 5.49. The predicted octanol–water partition coefficient (Wildman–Crippen LogP) is 2.60. The van der Waals surface area contributed by atoms with Gasteiger partial charge < -0.3 is 20.3 Å². The molecule has 1 saturated carbocycles. The van der Waals surface area contributed by atoms with E-state index in [2.05, 4.69) is 24.5 Å². The van der Waals surface area contributed by atoms with Gasteiger partial charge in [-0.05, 0) is 58.8 Å². The van der Waals surface area contributed by atoms with Crippen LogP contribution in [0.15, 0.2) is 4.99 Å². The Morgan fingerprint density at radius 2 is 2.08 bits per heavy atom. The number of likely N-dealkylation sites (tertiary alicyclic amines) is 1. The quantitative estimate of drug-likeness (QED) is 0.611. The van der Waals surface area contributed by atoms with Crippen molar-refractivity contribution in [3.05, 3.63) is 0 Å². The summed E-state index contributed by atoms with van der Waals surface area (Å²) in [5.74, 6) is 2.05. The molecule has 2 N–H and O–H groups in total. The summed E-state index contributed by atoms with van der Waals surface area (Å²) in [6.07, 6.45) is 3.15. The number of amides is 1. The number of hydrogen-bond donors (Lipinski definition) is 2. The molecule has 0 aromatic carbocycles. The van der Waals surface area contributed by atoms with Crippen LogP contribution in [0.4, 0.5) is 4.79 Å². The normalized spacial score (nSPS) is 27.6. The van der Waals surface area contributed by atoms with Crippen molar-refractivity contribution < 1.29 is 9.53 Å². The molecule has 1 amide bonds. The Labute approximate surface area is 146 Å². The van der Waals surface area contributed by atoms with Crippen LogP contribution in [0.3, 0.4) is 0 Å². The zero-order valence-electron chi connectivity index (χ0n) is 15.9. The van der Waals surface area contributed by atoms with Crippen LogP contribution in [0.2, 0.25) is 0 Å². The van der Waals surface area contributed by atoms with E-state index < -0.39 is 5.60 Å². The minimum atomic E-state index is -0.439. The van der Waals surface area contributed by atoms with Crippen molar-refractivity contribution in [2.24, 2.45) is 16.8 Å². The maximum atomic E-state index is 12.2. The second-order valence-corrected chi connectivity index (χ2v) is 8.12. The summed E-state index contributed by atoms with van der Waals surface area (Å²) in [5.41, 5.74) is -0.439. The van der Waals surface area contributed by atoms with Crippen molar-refractivity contribution in [2.45, 2.75) is 65.5 Å². The maximum absolute atomic E-state index is 12.2. The molecule has 0 bridgehead atoms. The average Bonchev–Trinajstić information content (AvgIpc) is 3.19. The number of guanidine groups is 1. The molecular formula is C18H34N4O2. The number of piperidine rings is 1. The Morgan fingerprint density at radius 3 is 2.67 bits per heavy atom. The van der Waals surface area contributed by atoms with E-state index in [1.807, 2.05) is 25.7 Å². The summed E-state index contributed by atoms with van der Waals surface area (Å²) in [6, 6.07) is 0.562. The number of carbonyl (C=O) groups is 1.